The number of likely N-dealkylation sites (tertiary alicyclic amines) is 1. The standard InChI is InChI=1S/C12H21N3S/c1-8(2)15-6-4-5-11(15)12-14-10(7-16-12)9(3)13/h7-9,11H,4-6,13H2,1-3H3. The van der Waals surface area contributed by atoms with Crippen LogP contribution in [0.5, 0.6) is 0 Å². The molecule has 90 valence electrons. The zero-order chi connectivity index (χ0) is 11.7. The molecular formula is C12H21N3S. The van der Waals surface area contributed by atoms with E-state index in [-0.39, 0.29) is 6.04 Å². The summed E-state index contributed by atoms with van der Waals surface area (Å²) < 4.78 is 0. The van der Waals surface area contributed by atoms with Crippen LogP contribution in [0.3, 0.4) is 0 Å². The van der Waals surface area contributed by atoms with Crippen molar-refractivity contribution >= 4 is 11.3 Å². The maximum Gasteiger partial charge on any atom is 0.110 e. The first kappa shape index (κ1) is 12.0. The van der Waals surface area contributed by atoms with E-state index in [9.17, 15) is 0 Å². The molecule has 0 aromatic carbocycles. The Labute approximate surface area is 102 Å². The molecule has 1 fully saturated rings. The van der Waals surface area contributed by atoms with Crippen molar-refractivity contribution in [1.29, 1.82) is 0 Å². The topological polar surface area (TPSA) is 42.1 Å². The molecule has 0 aliphatic carbocycles. The Morgan fingerprint density at radius 3 is 2.81 bits per heavy atom. The van der Waals surface area contributed by atoms with Gasteiger partial charge < -0.3 is 5.73 Å². The van der Waals surface area contributed by atoms with Crippen molar-refractivity contribution in [3.8, 4) is 0 Å². The maximum absolute atomic E-state index is 5.85. The molecule has 4 heteroatoms. The molecule has 2 N–H and O–H groups in total. The van der Waals surface area contributed by atoms with Gasteiger partial charge in [0.05, 0.1) is 11.7 Å². The van der Waals surface area contributed by atoms with Crippen LogP contribution >= 0.6 is 11.3 Å². The first-order chi connectivity index (χ1) is 7.59. The fourth-order valence-corrected chi connectivity index (χ4v) is 3.41. The number of thiazole rings is 1. The fourth-order valence-electron chi connectivity index (χ4n) is 2.34. The van der Waals surface area contributed by atoms with Crippen LogP contribution in [0.2, 0.25) is 0 Å². The summed E-state index contributed by atoms with van der Waals surface area (Å²) in [6.45, 7) is 7.72. The van der Waals surface area contributed by atoms with Gasteiger partial charge in [-0.3, -0.25) is 4.90 Å². The van der Waals surface area contributed by atoms with E-state index in [1.807, 2.05) is 6.92 Å². The lowest BCUT2D eigenvalue weighted by atomic mass is 10.2. The van der Waals surface area contributed by atoms with Gasteiger partial charge in [0, 0.05) is 17.5 Å². The zero-order valence-electron chi connectivity index (χ0n) is 10.3. The van der Waals surface area contributed by atoms with E-state index in [2.05, 4.69) is 29.1 Å². The Morgan fingerprint density at radius 1 is 1.50 bits per heavy atom. The lowest BCUT2D eigenvalue weighted by Crippen LogP contribution is -2.30. The van der Waals surface area contributed by atoms with E-state index in [1.54, 1.807) is 11.3 Å². The molecule has 2 heterocycles. The Kier molecular flexibility index (Phi) is 3.62. The molecule has 0 amide bonds. The number of aromatic nitrogens is 1. The molecule has 2 atom stereocenters. The molecule has 1 aliphatic heterocycles. The van der Waals surface area contributed by atoms with E-state index >= 15 is 0 Å². The zero-order valence-corrected chi connectivity index (χ0v) is 11.1. The number of hydrogen-bond acceptors (Lipinski definition) is 4. The molecule has 1 aromatic heterocycles. The summed E-state index contributed by atoms with van der Waals surface area (Å²) in [6.07, 6.45) is 2.53. The van der Waals surface area contributed by atoms with Gasteiger partial charge in [0.2, 0.25) is 0 Å². The van der Waals surface area contributed by atoms with Crippen LogP contribution in [0, 0.1) is 0 Å². The summed E-state index contributed by atoms with van der Waals surface area (Å²) in [7, 11) is 0. The van der Waals surface area contributed by atoms with Crippen LogP contribution in [-0.4, -0.2) is 22.5 Å². The van der Waals surface area contributed by atoms with Gasteiger partial charge in [0.1, 0.15) is 5.01 Å². The van der Waals surface area contributed by atoms with Crippen LogP contribution in [0.25, 0.3) is 0 Å². The van der Waals surface area contributed by atoms with Crippen molar-refractivity contribution in [3.05, 3.63) is 16.1 Å². The summed E-state index contributed by atoms with van der Waals surface area (Å²) in [5, 5.41) is 3.36. The third-order valence-corrected chi connectivity index (χ3v) is 4.21. The summed E-state index contributed by atoms with van der Waals surface area (Å²) in [5.41, 5.74) is 6.89. The summed E-state index contributed by atoms with van der Waals surface area (Å²) in [5.74, 6) is 0. The SMILES string of the molecule is CC(N)c1csc(C2CCCN2C(C)C)n1. The third kappa shape index (κ3) is 2.29. The highest BCUT2D eigenvalue weighted by Crippen LogP contribution is 2.35. The molecule has 2 unspecified atom stereocenters. The predicted octanol–water partition coefficient (Wildman–Crippen LogP) is 2.71. The van der Waals surface area contributed by atoms with E-state index in [0.717, 1.165) is 5.69 Å². The molecule has 0 bridgehead atoms. The first-order valence-corrected chi connectivity index (χ1v) is 6.94. The van der Waals surface area contributed by atoms with Crippen LogP contribution in [0.15, 0.2) is 5.38 Å². The van der Waals surface area contributed by atoms with Crippen molar-refractivity contribution < 1.29 is 0 Å². The van der Waals surface area contributed by atoms with Crippen molar-refractivity contribution in [2.45, 2.75) is 51.7 Å². The van der Waals surface area contributed by atoms with Gasteiger partial charge in [0.15, 0.2) is 0 Å². The lowest BCUT2D eigenvalue weighted by molar-refractivity contribution is 0.205. The van der Waals surface area contributed by atoms with Crippen molar-refractivity contribution in [2.75, 3.05) is 6.54 Å². The highest BCUT2D eigenvalue weighted by atomic mass is 32.1. The Bertz CT molecular complexity index is 346. The normalized spacial score (nSPS) is 24.2. The summed E-state index contributed by atoms with van der Waals surface area (Å²) >= 11 is 1.76. The van der Waals surface area contributed by atoms with Crippen LogP contribution in [-0.2, 0) is 0 Å². The number of nitrogens with zero attached hydrogens (tertiary/aromatic N) is 2. The molecule has 0 radical (unpaired) electrons. The van der Waals surface area contributed by atoms with E-state index < -0.39 is 0 Å². The minimum absolute atomic E-state index is 0.0545. The number of hydrogen-bond donors (Lipinski definition) is 1. The van der Waals surface area contributed by atoms with Gasteiger partial charge >= 0.3 is 0 Å². The Hall–Kier alpha value is -0.450. The molecule has 3 nitrogen and oxygen atoms in total. The quantitative estimate of drug-likeness (QED) is 0.882. The molecule has 0 saturated carbocycles. The van der Waals surface area contributed by atoms with E-state index in [1.165, 1.54) is 24.4 Å². The lowest BCUT2D eigenvalue weighted by Gasteiger charge is -2.26. The number of nitrogens with two attached hydrogens (primary N) is 1. The van der Waals surface area contributed by atoms with Crippen molar-refractivity contribution in [2.24, 2.45) is 5.73 Å². The predicted molar refractivity (Wildman–Crippen MR) is 68.5 cm³/mol. The molecular weight excluding hydrogens is 218 g/mol. The van der Waals surface area contributed by atoms with Crippen LogP contribution in [0.4, 0.5) is 0 Å². The average Bonchev–Trinajstić information content (AvgIpc) is 2.86. The van der Waals surface area contributed by atoms with Crippen molar-refractivity contribution in [1.82, 2.24) is 9.88 Å². The summed E-state index contributed by atoms with van der Waals surface area (Å²) in [4.78, 5) is 7.22. The molecule has 1 saturated heterocycles. The first-order valence-electron chi connectivity index (χ1n) is 6.06. The van der Waals surface area contributed by atoms with E-state index in [4.69, 9.17) is 5.73 Å². The Morgan fingerprint density at radius 2 is 2.25 bits per heavy atom. The van der Waals surface area contributed by atoms with Crippen molar-refractivity contribution in [3.63, 3.8) is 0 Å². The van der Waals surface area contributed by atoms with Crippen LogP contribution < -0.4 is 5.73 Å². The largest absolute Gasteiger partial charge is 0.323 e. The Balaban J connectivity index is 2.16. The molecule has 0 spiro atoms. The molecule has 16 heavy (non-hydrogen) atoms. The highest BCUT2D eigenvalue weighted by molar-refractivity contribution is 7.09. The van der Waals surface area contributed by atoms with Gasteiger partial charge in [0.25, 0.3) is 0 Å². The average molecular weight is 239 g/mol. The fraction of sp³-hybridized carbons (Fsp3) is 0.750. The third-order valence-electron chi connectivity index (χ3n) is 3.25. The second kappa shape index (κ2) is 4.82. The highest BCUT2D eigenvalue weighted by Gasteiger charge is 2.30. The second-order valence-corrected chi connectivity index (χ2v) is 5.78. The molecule has 1 aliphatic rings. The van der Waals surface area contributed by atoms with Gasteiger partial charge in [-0.25, -0.2) is 4.98 Å². The summed E-state index contributed by atoms with van der Waals surface area (Å²) in [6, 6.07) is 1.19. The van der Waals surface area contributed by atoms with E-state index in [0.29, 0.717) is 12.1 Å². The monoisotopic (exact) mass is 239 g/mol. The maximum atomic E-state index is 5.85. The smallest absolute Gasteiger partial charge is 0.110 e. The molecule has 2 rings (SSSR count). The van der Waals surface area contributed by atoms with Gasteiger partial charge in [-0.1, -0.05) is 0 Å². The van der Waals surface area contributed by atoms with Gasteiger partial charge in [-0.2, -0.15) is 0 Å². The van der Waals surface area contributed by atoms with Gasteiger partial charge in [-0.15, -0.1) is 11.3 Å². The minimum Gasteiger partial charge on any atom is -0.323 e. The van der Waals surface area contributed by atoms with Gasteiger partial charge in [-0.05, 0) is 40.2 Å². The second-order valence-electron chi connectivity index (χ2n) is 4.89. The number of rotatable bonds is 3. The minimum atomic E-state index is 0.0545. The molecule has 1 aromatic rings. The van der Waals surface area contributed by atoms with Crippen LogP contribution in [0.1, 0.15) is 56.4 Å².